The molecule has 0 aliphatic carbocycles. The fourth-order valence-electron chi connectivity index (χ4n) is 2.47. The number of rotatable bonds is 2. The molecule has 0 spiro atoms. The molecule has 0 bridgehead atoms. The second-order valence-electron chi connectivity index (χ2n) is 5.22. The standard InChI is InChI=1S/C16H11ClN2S3/c1-8-3-12(20-6-8)10-5-11(17)14(13-4-9(2)7-21-13)16-15(10)18-22-19-16/h3-7H,1-2H3. The van der Waals surface area contributed by atoms with Crippen molar-refractivity contribution >= 4 is 57.0 Å². The molecule has 0 amide bonds. The molecule has 0 unspecified atom stereocenters. The summed E-state index contributed by atoms with van der Waals surface area (Å²) in [5.41, 5.74) is 6.41. The van der Waals surface area contributed by atoms with Gasteiger partial charge < -0.3 is 0 Å². The van der Waals surface area contributed by atoms with Crippen LogP contribution in [0.25, 0.3) is 31.9 Å². The molecule has 0 aliphatic rings. The number of benzene rings is 1. The number of hydrogen-bond donors (Lipinski definition) is 0. The Morgan fingerprint density at radius 2 is 1.50 bits per heavy atom. The van der Waals surface area contributed by atoms with Crippen molar-refractivity contribution in [2.24, 2.45) is 0 Å². The Balaban J connectivity index is 2.02. The highest BCUT2D eigenvalue weighted by molar-refractivity contribution is 7.14. The Kier molecular flexibility index (Phi) is 3.53. The Morgan fingerprint density at radius 1 is 0.864 bits per heavy atom. The van der Waals surface area contributed by atoms with Gasteiger partial charge in [0.05, 0.1) is 16.8 Å². The quantitative estimate of drug-likeness (QED) is 0.411. The molecule has 0 radical (unpaired) electrons. The third-order valence-electron chi connectivity index (χ3n) is 3.46. The van der Waals surface area contributed by atoms with E-state index in [4.69, 9.17) is 11.6 Å². The predicted molar refractivity (Wildman–Crippen MR) is 98.5 cm³/mol. The molecule has 4 aromatic rings. The lowest BCUT2D eigenvalue weighted by Crippen LogP contribution is -1.84. The van der Waals surface area contributed by atoms with Gasteiger partial charge in [0.25, 0.3) is 0 Å². The molecule has 0 fully saturated rings. The van der Waals surface area contributed by atoms with Gasteiger partial charge in [-0.15, -0.1) is 22.7 Å². The molecule has 0 aliphatic heterocycles. The summed E-state index contributed by atoms with van der Waals surface area (Å²) in [4.78, 5) is 2.33. The van der Waals surface area contributed by atoms with Gasteiger partial charge in [-0.1, -0.05) is 11.6 Å². The van der Waals surface area contributed by atoms with Gasteiger partial charge in [0.1, 0.15) is 11.0 Å². The lowest BCUT2D eigenvalue weighted by atomic mass is 10.0. The molecule has 3 aromatic heterocycles. The van der Waals surface area contributed by atoms with Crippen LogP contribution in [0.3, 0.4) is 0 Å². The third kappa shape index (κ3) is 2.29. The minimum atomic E-state index is 0.739. The molecule has 4 rings (SSSR count). The van der Waals surface area contributed by atoms with Crippen LogP contribution >= 0.6 is 46.0 Å². The maximum Gasteiger partial charge on any atom is 0.115 e. The predicted octanol–water partition coefficient (Wildman–Crippen LogP) is 6.42. The van der Waals surface area contributed by atoms with Gasteiger partial charge in [0.2, 0.25) is 0 Å². The molecule has 0 atom stereocenters. The van der Waals surface area contributed by atoms with Crippen LogP contribution in [-0.2, 0) is 0 Å². The Bertz CT molecular complexity index is 981. The second-order valence-corrected chi connectivity index (χ2v) is 7.98. The second kappa shape index (κ2) is 5.42. The van der Waals surface area contributed by atoms with Crippen LogP contribution in [0.2, 0.25) is 5.02 Å². The van der Waals surface area contributed by atoms with Crippen molar-refractivity contribution in [3.8, 4) is 20.9 Å². The summed E-state index contributed by atoms with van der Waals surface area (Å²) in [7, 11) is 0. The van der Waals surface area contributed by atoms with Crippen LogP contribution in [0.5, 0.6) is 0 Å². The zero-order valence-corrected chi connectivity index (χ0v) is 15.1. The van der Waals surface area contributed by atoms with Crippen molar-refractivity contribution < 1.29 is 0 Å². The molecule has 22 heavy (non-hydrogen) atoms. The highest BCUT2D eigenvalue weighted by atomic mass is 35.5. The fraction of sp³-hybridized carbons (Fsp3) is 0.125. The van der Waals surface area contributed by atoms with Gasteiger partial charge in [0, 0.05) is 20.9 Å². The monoisotopic (exact) mass is 362 g/mol. The van der Waals surface area contributed by atoms with Crippen molar-refractivity contribution in [2.75, 3.05) is 0 Å². The Morgan fingerprint density at radius 3 is 2.14 bits per heavy atom. The first kappa shape index (κ1) is 14.3. The highest BCUT2D eigenvalue weighted by Crippen LogP contribution is 2.43. The zero-order valence-electron chi connectivity index (χ0n) is 11.9. The average molecular weight is 363 g/mol. The first-order valence-corrected chi connectivity index (χ1v) is 9.56. The largest absolute Gasteiger partial charge is 0.172 e. The Hall–Kier alpha value is -1.27. The van der Waals surface area contributed by atoms with E-state index in [9.17, 15) is 0 Å². The van der Waals surface area contributed by atoms with Gasteiger partial charge >= 0.3 is 0 Å². The molecule has 2 nitrogen and oxygen atoms in total. The van der Waals surface area contributed by atoms with E-state index in [1.807, 2.05) is 6.07 Å². The average Bonchev–Trinajstić information content (AvgIpc) is 3.19. The van der Waals surface area contributed by atoms with E-state index in [2.05, 4.69) is 45.5 Å². The molecule has 0 saturated carbocycles. The SMILES string of the molecule is Cc1csc(-c2cc(Cl)c(-c3cc(C)cs3)c3nsnc23)c1. The summed E-state index contributed by atoms with van der Waals surface area (Å²) in [5, 5.41) is 5.02. The van der Waals surface area contributed by atoms with E-state index in [1.165, 1.54) is 27.7 Å². The van der Waals surface area contributed by atoms with E-state index >= 15 is 0 Å². The molecule has 1 aromatic carbocycles. The first-order valence-electron chi connectivity index (χ1n) is 6.69. The minimum Gasteiger partial charge on any atom is -0.172 e. The maximum absolute atomic E-state index is 6.61. The number of thiophene rings is 2. The number of nitrogens with zero attached hydrogens (tertiary/aromatic N) is 2. The lowest BCUT2D eigenvalue weighted by molar-refractivity contribution is 1.54. The number of fused-ring (bicyclic) bond motifs is 1. The lowest BCUT2D eigenvalue weighted by Gasteiger charge is -2.06. The van der Waals surface area contributed by atoms with Crippen LogP contribution in [0.1, 0.15) is 11.1 Å². The summed E-state index contributed by atoms with van der Waals surface area (Å²) in [5.74, 6) is 0. The van der Waals surface area contributed by atoms with Gasteiger partial charge in [-0.2, -0.15) is 8.75 Å². The van der Waals surface area contributed by atoms with E-state index in [-0.39, 0.29) is 0 Å². The summed E-state index contributed by atoms with van der Waals surface area (Å²) < 4.78 is 9.04. The minimum absolute atomic E-state index is 0.739. The molecule has 0 N–H and O–H groups in total. The summed E-state index contributed by atoms with van der Waals surface area (Å²) in [6.45, 7) is 4.19. The molecule has 6 heteroatoms. The van der Waals surface area contributed by atoms with Crippen LogP contribution in [-0.4, -0.2) is 8.75 Å². The van der Waals surface area contributed by atoms with Crippen molar-refractivity contribution in [3.63, 3.8) is 0 Å². The van der Waals surface area contributed by atoms with Crippen molar-refractivity contribution in [1.82, 2.24) is 8.75 Å². The van der Waals surface area contributed by atoms with Crippen LogP contribution in [0, 0.1) is 13.8 Å². The van der Waals surface area contributed by atoms with E-state index in [0.717, 1.165) is 32.1 Å². The normalized spacial score (nSPS) is 11.4. The van der Waals surface area contributed by atoms with Crippen LogP contribution in [0.4, 0.5) is 0 Å². The summed E-state index contributed by atoms with van der Waals surface area (Å²) in [6, 6.07) is 6.35. The Labute approximate surface area is 145 Å². The molecule has 110 valence electrons. The molecular formula is C16H11ClN2S3. The van der Waals surface area contributed by atoms with Crippen molar-refractivity contribution in [1.29, 1.82) is 0 Å². The zero-order chi connectivity index (χ0) is 15.3. The van der Waals surface area contributed by atoms with E-state index in [1.54, 1.807) is 22.7 Å². The fourth-order valence-corrected chi connectivity index (χ4v) is 5.27. The topological polar surface area (TPSA) is 25.8 Å². The smallest absolute Gasteiger partial charge is 0.115 e. The number of aromatic nitrogens is 2. The van der Waals surface area contributed by atoms with Crippen molar-refractivity contribution in [3.05, 3.63) is 45.1 Å². The van der Waals surface area contributed by atoms with Crippen LogP contribution < -0.4 is 0 Å². The highest BCUT2D eigenvalue weighted by Gasteiger charge is 2.19. The van der Waals surface area contributed by atoms with Gasteiger partial charge in [-0.25, -0.2) is 0 Å². The summed E-state index contributed by atoms with van der Waals surface area (Å²) >= 11 is 11.3. The molecular weight excluding hydrogens is 352 g/mol. The number of aryl methyl sites for hydroxylation is 2. The van der Waals surface area contributed by atoms with E-state index < -0.39 is 0 Å². The van der Waals surface area contributed by atoms with Crippen molar-refractivity contribution in [2.45, 2.75) is 13.8 Å². The van der Waals surface area contributed by atoms with E-state index in [0.29, 0.717) is 0 Å². The number of hydrogen-bond acceptors (Lipinski definition) is 5. The number of halogens is 1. The van der Waals surface area contributed by atoms with Gasteiger partial charge in [-0.05, 0) is 53.9 Å². The van der Waals surface area contributed by atoms with Crippen LogP contribution in [0.15, 0.2) is 29.0 Å². The molecule has 3 heterocycles. The third-order valence-corrected chi connectivity index (χ3v) is 6.44. The van der Waals surface area contributed by atoms with Gasteiger partial charge in [0.15, 0.2) is 0 Å². The molecule has 0 saturated heterocycles. The first-order chi connectivity index (χ1) is 10.6. The van der Waals surface area contributed by atoms with Gasteiger partial charge in [-0.3, -0.25) is 0 Å². The summed E-state index contributed by atoms with van der Waals surface area (Å²) in [6.07, 6.45) is 0. The maximum atomic E-state index is 6.61.